The average Bonchev–Trinajstić information content (AvgIpc) is 2.81. The SMILES string of the molecule is COc1ccc(CNC(=O)C2(NC(=O)C3=CC(C)(C(C)(C)C)CC(C(C)(C)C)=C3)CCOCC2)cc1.[HH].[HH]. The summed E-state index contributed by atoms with van der Waals surface area (Å²) in [5.74, 6) is 0.391. The van der Waals surface area contributed by atoms with Crippen molar-refractivity contribution >= 4 is 11.8 Å². The molecular formula is C30H48N2O4. The van der Waals surface area contributed by atoms with Gasteiger partial charge in [0.25, 0.3) is 5.91 Å². The number of nitrogens with one attached hydrogen (secondary N) is 2. The number of allylic oxidation sites excluding steroid dienone is 2. The Labute approximate surface area is 219 Å². The van der Waals surface area contributed by atoms with Crippen LogP contribution in [0.2, 0.25) is 0 Å². The van der Waals surface area contributed by atoms with Crippen LogP contribution in [0.5, 0.6) is 5.75 Å². The molecule has 3 rings (SSSR count). The first-order valence-corrected chi connectivity index (χ1v) is 12.9. The predicted octanol–water partition coefficient (Wildman–Crippen LogP) is 5.82. The maximum Gasteiger partial charge on any atom is 0.251 e. The lowest BCUT2D eigenvalue weighted by molar-refractivity contribution is -0.136. The molecule has 1 aliphatic heterocycles. The van der Waals surface area contributed by atoms with Gasteiger partial charge >= 0.3 is 0 Å². The summed E-state index contributed by atoms with van der Waals surface area (Å²) in [6.07, 6.45) is 5.92. The summed E-state index contributed by atoms with van der Waals surface area (Å²) in [7, 11) is 1.62. The van der Waals surface area contributed by atoms with E-state index in [9.17, 15) is 9.59 Å². The lowest BCUT2D eigenvalue weighted by atomic mass is 9.60. The fraction of sp³-hybridized carbons (Fsp3) is 0.600. The summed E-state index contributed by atoms with van der Waals surface area (Å²) in [5.41, 5.74) is 1.57. The Bertz CT molecular complexity index is 1030. The lowest BCUT2D eigenvalue weighted by Crippen LogP contribution is -2.61. The molecule has 1 saturated heterocycles. The first-order valence-electron chi connectivity index (χ1n) is 12.9. The zero-order valence-corrected chi connectivity index (χ0v) is 23.3. The zero-order valence-electron chi connectivity index (χ0n) is 23.3. The van der Waals surface area contributed by atoms with Gasteiger partial charge in [0, 0.05) is 41.0 Å². The van der Waals surface area contributed by atoms with Crippen molar-refractivity contribution in [3.63, 3.8) is 0 Å². The molecular weight excluding hydrogens is 452 g/mol. The van der Waals surface area contributed by atoms with E-state index in [4.69, 9.17) is 9.47 Å². The minimum absolute atomic E-state index is 0. The first-order chi connectivity index (χ1) is 16.7. The molecule has 1 aromatic rings. The molecule has 36 heavy (non-hydrogen) atoms. The van der Waals surface area contributed by atoms with Crippen molar-refractivity contribution in [2.75, 3.05) is 20.3 Å². The summed E-state index contributed by atoms with van der Waals surface area (Å²) in [5, 5.41) is 6.20. The molecule has 0 aromatic heterocycles. The Morgan fingerprint density at radius 2 is 1.67 bits per heavy atom. The van der Waals surface area contributed by atoms with Crippen molar-refractivity contribution < 1.29 is 21.9 Å². The third kappa shape index (κ3) is 6.20. The number of amides is 2. The van der Waals surface area contributed by atoms with Crippen LogP contribution in [0.15, 0.2) is 47.6 Å². The molecule has 2 N–H and O–H groups in total. The van der Waals surface area contributed by atoms with Gasteiger partial charge in [-0.2, -0.15) is 0 Å². The second-order valence-electron chi connectivity index (χ2n) is 12.5. The smallest absolute Gasteiger partial charge is 0.251 e. The minimum Gasteiger partial charge on any atom is -0.497 e. The molecule has 0 radical (unpaired) electrons. The van der Waals surface area contributed by atoms with Crippen molar-refractivity contribution in [2.45, 2.75) is 79.8 Å². The van der Waals surface area contributed by atoms with E-state index in [-0.39, 0.29) is 30.9 Å². The van der Waals surface area contributed by atoms with E-state index < -0.39 is 5.54 Å². The fourth-order valence-electron chi connectivity index (χ4n) is 4.68. The van der Waals surface area contributed by atoms with Gasteiger partial charge in [-0.25, -0.2) is 0 Å². The van der Waals surface area contributed by atoms with Crippen LogP contribution in [-0.2, 0) is 20.9 Å². The second-order valence-corrected chi connectivity index (χ2v) is 12.5. The molecule has 202 valence electrons. The lowest BCUT2D eigenvalue weighted by Gasteiger charge is -2.45. The van der Waals surface area contributed by atoms with E-state index in [1.807, 2.05) is 30.3 Å². The van der Waals surface area contributed by atoms with Gasteiger partial charge in [0.05, 0.1) is 7.11 Å². The molecule has 1 aromatic carbocycles. The van der Waals surface area contributed by atoms with Gasteiger partial charge in [-0.3, -0.25) is 9.59 Å². The average molecular weight is 501 g/mol. The van der Waals surface area contributed by atoms with Crippen molar-refractivity contribution in [2.24, 2.45) is 16.2 Å². The third-order valence-electron chi connectivity index (χ3n) is 8.05. The molecule has 2 amide bonds. The normalized spacial score (nSPS) is 22.2. The van der Waals surface area contributed by atoms with Crippen LogP contribution in [-0.4, -0.2) is 37.7 Å². The minimum atomic E-state index is -1.01. The van der Waals surface area contributed by atoms with Crippen molar-refractivity contribution in [3.05, 3.63) is 53.1 Å². The highest BCUT2D eigenvalue weighted by Crippen LogP contribution is 2.50. The van der Waals surface area contributed by atoms with E-state index >= 15 is 0 Å². The molecule has 6 heteroatoms. The molecule has 1 atom stereocenters. The quantitative estimate of drug-likeness (QED) is 0.516. The number of carbonyl (C=O) groups excluding carboxylic acids is 2. The number of benzene rings is 1. The number of hydrogen-bond acceptors (Lipinski definition) is 4. The molecule has 1 fully saturated rings. The Morgan fingerprint density at radius 1 is 1.06 bits per heavy atom. The monoisotopic (exact) mass is 500 g/mol. The van der Waals surface area contributed by atoms with E-state index in [0.717, 1.165) is 17.7 Å². The number of hydrogen-bond donors (Lipinski definition) is 2. The second kappa shape index (κ2) is 10.4. The van der Waals surface area contributed by atoms with E-state index in [0.29, 0.717) is 38.2 Å². The van der Waals surface area contributed by atoms with Gasteiger partial charge < -0.3 is 20.1 Å². The van der Waals surface area contributed by atoms with Crippen molar-refractivity contribution in [3.8, 4) is 5.75 Å². The van der Waals surface area contributed by atoms with Crippen molar-refractivity contribution in [1.29, 1.82) is 0 Å². The fourth-order valence-corrected chi connectivity index (χ4v) is 4.68. The number of carbonyl (C=O) groups is 2. The molecule has 0 saturated carbocycles. The van der Waals surface area contributed by atoms with Crippen molar-refractivity contribution in [1.82, 2.24) is 10.6 Å². The molecule has 0 bridgehead atoms. The number of ether oxygens (including phenoxy) is 2. The van der Waals surface area contributed by atoms with Gasteiger partial charge in [0.15, 0.2) is 0 Å². The number of methoxy groups -OCH3 is 1. The Kier molecular flexibility index (Phi) is 8.09. The van der Waals surface area contributed by atoms with Crippen LogP contribution in [0.3, 0.4) is 0 Å². The highest BCUT2D eigenvalue weighted by molar-refractivity contribution is 6.01. The molecule has 2 aliphatic rings. The standard InChI is InChI=1S/C30H44N2O4.2H2/c1-27(2,3)23-17-22(18-29(7,19-23)28(4,5)6)25(33)32-30(13-15-36-16-14-30)26(34)31-20-21-9-11-24(35-8)12-10-21;;/h9-12,17-18H,13-16,19-20H2,1-8H3,(H,31,34)(H,32,33);2*1H. The summed E-state index contributed by atoms with van der Waals surface area (Å²) < 4.78 is 10.8. The highest BCUT2D eigenvalue weighted by atomic mass is 16.5. The maximum absolute atomic E-state index is 13.7. The summed E-state index contributed by atoms with van der Waals surface area (Å²) >= 11 is 0. The van der Waals surface area contributed by atoms with Crippen LogP contribution in [0.1, 0.15) is 76.1 Å². The van der Waals surface area contributed by atoms with Crippen LogP contribution in [0, 0.1) is 16.2 Å². The largest absolute Gasteiger partial charge is 0.497 e. The Morgan fingerprint density at radius 3 is 2.19 bits per heavy atom. The van der Waals surface area contributed by atoms with Gasteiger partial charge in [-0.15, -0.1) is 0 Å². The van der Waals surface area contributed by atoms with Crippen LogP contribution in [0.25, 0.3) is 0 Å². The highest BCUT2D eigenvalue weighted by Gasteiger charge is 2.44. The zero-order chi connectivity index (χ0) is 26.8. The third-order valence-corrected chi connectivity index (χ3v) is 8.05. The van der Waals surface area contributed by atoms with Crippen LogP contribution in [0.4, 0.5) is 0 Å². The molecule has 0 spiro atoms. The van der Waals surface area contributed by atoms with Gasteiger partial charge in [0.2, 0.25) is 5.91 Å². The predicted molar refractivity (Wildman–Crippen MR) is 148 cm³/mol. The van der Waals surface area contributed by atoms with Gasteiger partial charge in [-0.1, -0.05) is 78.3 Å². The molecule has 1 unspecified atom stereocenters. The summed E-state index contributed by atoms with van der Waals surface area (Å²) in [6.45, 7) is 16.7. The summed E-state index contributed by atoms with van der Waals surface area (Å²) in [6, 6.07) is 7.59. The molecule has 1 aliphatic carbocycles. The van der Waals surface area contributed by atoms with E-state index in [1.165, 1.54) is 5.57 Å². The first kappa shape index (κ1) is 28.0. The maximum atomic E-state index is 13.7. The Hall–Kier alpha value is -2.60. The van der Waals surface area contributed by atoms with Gasteiger partial charge in [-0.05, 0) is 40.4 Å². The van der Waals surface area contributed by atoms with Crippen LogP contribution < -0.4 is 15.4 Å². The van der Waals surface area contributed by atoms with Gasteiger partial charge in [0.1, 0.15) is 11.3 Å². The summed E-state index contributed by atoms with van der Waals surface area (Å²) in [4.78, 5) is 27.3. The number of rotatable bonds is 6. The molecule has 1 heterocycles. The Balaban J connectivity index is 0.00000361. The molecule has 6 nitrogen and oxygen atoms in total. The topological polar surface area (TPSA) is 76.7 Å². The van der Waals surface area contributed by atoms with E-state index in [1.54, 1.807) is 7.11 Å². The van der Waals surface area contributed by atoms with Crippen LogP contribution >= 0.6 is 0 Å². The van der Waals surface area contributed by atoms with E-state index in [2.05, 4.69) is 65.2 Å².